The minimum Gasteiger partial charge on any atom is -0.242 e. The monoisotopic (exact) mass is 338 g/mol. The van der Waals surface area contributed by atoms with Gasteiger partial charge >= 0.3 is 0 Å². The van der Waals surface area contributed by atoms with Gasteiger partial charge in [-0.05, 0) is 37.3 Å². The van der Waals surface area contributed by atoms with Crippen LogP contribution in [0.3, 0.4) is 0 Å². The summed E-state index contributed by atoms with van der Waals surface area (Å²) in [4.78, 5) is 4.49. The van der Waals surface area contributed by atoms with Crippen molar-refractivity contribution >= 4 is 49.0 Å². The van der Waals surface area contributed by atoms with Gasteiger partial charge in [0.25, 0.3) is 10.0 Å². The predicted octanol–water partition coefficient (Wildman–Crippen LogP) is 3.95. The van der Waals surface area contributed by atoms with Crippen LogP contribution >= 0.6 is 23.1 Å². The van der Waals surface area contributed by atoms with Crippen molar-refractivity contribution in [3.63, 3.8) is 0 Å². The summed E-state index contributed by atoms with van der Waals surface area (Å²) >= 11 is 7.57. The normalized spacial score (nSPS) is 11.7. The van der Waals surface area contributed by atoms with E-state index in [-0.39, 0.29) is 4.90 Å². The first-order valence-electron chi connectivity index (χ1n) is 6.12. The Kier molecular flexibility index (Phi) is 3.61. The highest BCUT2D eigenvalue weighted by atomic mass is 35.5. The number of hydrogen-bond acceptors (Lipinski definition) is 4. The molecule has 1 aromatic heterocycles. The highest BCUT2D eigenvalue weighted by Crippen LogP contribution is 2.31. The molecular weight excluding hydrogens is 328 g/mol. The molecule has 0 N–H and O–H groups in total. The molecule has 3 rings (SSSR count). The maximum Gasteiger partial charge on any atom is 0.278 e. The number of aromatic nitrogens is 1. The van der Waals surface area contributed by atoms with Gasteiger partial charge < -0.3 is 0 Å². The molecular formula is C14H11ClN2O2S2. The molecule has 0 saturated carbocycles. The molecule has 0 unspecified atom stereocenters. The number of halogens is 1. The van der Waals surface area contributed by atoms with Crippen molar-refractivity contribution in [3.05, 3.63) is 53.5 Å². The first-order chi connectivity index (χ1) is 9.98. The van der Waals surface area contributed by atoms with E-state index in [1.807, 2.05) is 6.92 Å². The molecule has 0 aliphatic carbocycles. The number of fused-ring (bicyclic) bond motifs is 1. The number of nitrogens with zero attached hydrogens (tertiary/aromatic N) is 2. The molecule has 0 spiro atoms. The quantitative estimate of drug-likeness (QED) is 0.679. The van der Waals surface area contributed by atoms with Gasteiger partial charge in [0.15, 0.2) is 0 Å². The van der Waals surface area contributed by atoms with E-state index >= 15 is 0 Å². The molecule has 2 aromatic carbocycles. The van der Waals surface area contributed by atoms with Gasteiger partial charge in [-0.3, -0.25) is 0 Å². The molecule has 1 heterocycles. The van der Waals surface area contributed by atoms with Gasteiger partial charge in [0.2, 0.25) is 0 Å². The summed E-state index contributed by atoms with van der Waals surface area (Å²) in [5.41, 5.74) is 1.24. The van der Waals surface area contributed by atoms with Crippen molar-refractivity contribution in [2.75, 3.05) is 3.82 Å². The molecule has 7 heteroatoms. The molecule has 0 fully saturated rings. The minimum absolute atomic E-state index is 0.153. The lowest BCUT2D eigenvalue weighted by atomic mass is 10.3. The number of thiazole rings is 1. The average molecular weight is 339 g/mol. The predicted molar refractivity (Wildman–Crippen MR) is 86.3 cm³/mol. The second-order valence-corrected chi connectivity index (χ2v) is 7.98. The SMILES string of the molecule is Cc1nc2ccc(N(Cl)S(=O)(=O)c3ccccc3)cc2s1. The summed E-state index contributed by atoms with van der Waals surface area (Å²) in [5.74, 6) is 0. The van der Waals surface area contributed by atoms with Crippen LogP contribution in [0.4, 0.5) is 5.69 Å². The number of rotatable bonds is 3. The summed E-state index contributed by atoms with van der Waals surface area (Å²) in [6.45, 7) is 1.91. The molecule has 0 radical (unpaired) electrons. The molecule has 108 valence electrons. The zero-order chi connectivity index (χ0) is 15.0. The third-order valence-electron chi connectivity index (χ3n) is 2.93. The number of benzene rings is 2. The Labute approximate surface area is 131 Å². The summed E-state index contributed by atoms with van der Waals surface area (Å²) in [5, 5.41) is 0.925. The molecule has 21 heavy (non-hydrogen) atoms. The molecule has 0 amide bonds. The van der Waals surface area contributed by atoms with Crippen molar-refractivity contribution in [2.24, 2.45) is 0 Å². The van der Waals surface area contributed by atoms with Crippen molar-refractivity contribution in [2.45, 2.75) is 11.8 Å². The standard InChI is InChI=1S/C14H11ClN2O2S2/c1-10-16-13-8-7-11(9-14(13)20-10)17(15)21(18,19)12-5-3-2-4-6-12/h2-9H,1H3. The molecule has 3 aromatic rings. The molecule has 0 aliphatic heterocycles. The Morgan fingerprint density at radius 2 is 1.86 bits per heavy atom. The van der Waals surface area contributed by atoms with Gasteiger partial charge in [-0.1, -0.05) is 18.2 Å². The second kappa shape index (κ2) is 5.29. The molecule has 0 bridgehead atoms. The summed E-state index contributed by atoms with van der Waals surface area (Å²) < 4.78 is 26.6. The van der Waals surface area contributed by atoms with Crippen LogP contribution in [-0.4, -0.2) is 13.4 Å². The van der Waals surface area contributed by atoms with Gasteiger partial charge in [0, 0.05) is 11.8 Å². The van der Waals surface area contributed by atoms with E-state index < -0.39 is 10.0 Å². The maximum atomic E-state index is 12.5. The van der Waals surface area contributed by atoms with Crippen LogP contribution in [0, 0.1) is 6.92 Å². The molecule has 4 nitrogen and oxygen atoms in total. The van der Waals surface area contributed by atoms with E-state index in [2.05, 4.69) is 4.98 Å². The average Bonchev–Trinajstić information content (AvgIpc) is 2.86. The van der Waals surface area contributed by atoms with E-state index in [0.717, 1.165) is 19.0 Å². The Bertz CT molecular complexity index is 892. The lowest BCUT2D eigenvalue weighted by molar-refractivity contribution is 0.598. The van der Waals surface area contributed by atoms with Crippen LogP contribution in [0.5, 0.6) is 0 Å². The Hall–Kier alpha value is -1.63. The first kappa shape index (κ1) is 14.3. The largest absolute Gasteiger partial charge is 0.278 e. The van der Waals surface area contributed by atoms with Crippen molar-refractivity contribution in [1.29, 1.82) is 0 Å². The lowest BCUT2D eigenvalue weighted by Crippen LogP contribution is -2.21. The number of anilines is 1. The zero-order valence-electron chi connectivity index (χ0n) is 11.0. The van der Waals surface area contributed by atoms with Crippen molar-refractivity contribution in [3.8, 4) is 0 Å². The van der Waals surface area contributed by atoms with Crippen LogP contribution in [-0.2, 0) is 10.0 Å². The maximum absolute atomic E-state index is 12.5. The van der Waals surface area contributed by atoms with Gasteiger partial charge in [0.1, 0.15) is 0 Å². The molecule has 0 aliphatic rings. The minimum atomic E-state index is -3.77. The van der Waals surface area contributed by atoms with Gasteiger partial charge in [-0.2, -0.15) is 12.2 Å². The first-order valence-corrected chi connectivity index (χ1v) is 8.71. The number of aryl methyl sites for hydroxylation is 1. The Balaban J connectivity index is 2.05. The fraction of sp³-hybridized carbons (Fsp3) is 0.0714. The van der Waals surface area contributed by atoms with Gasteiger partial charge in [-0.15, -0.1) is 11.3 Å². The van der Waals surface area contributed by atoms with E-state index in [9.17, 15) is 8.42 Å². The van der Waals surface area contributed by atoms with Crippen LogP contribution in [0.15, 0.2) is 53.4 Å². The van der Waals surface area contributed by atoms with E-state index in [1.165, 1.54) is 23.5 Å². The smallest absolute Gasteiger partial charge is 0.242 e. The fourth-order valence-corrected chi connectivity index (χ4v) is 4.24. The fourth-order valence-electron chi connectivity index (χ4n) is 1.96. The topological polar surface area (TPSA) is 50.3 Å². The van der Waals surface area contributed by atoms with Gasteiger partial charge in [0.05, 0.1) is 25.8 Å². The Morgan fingerprint density at radius 1 is 1.14 bits per heavy atom. The zero-order valence-corrected chi connectivity index (χ0v) is 13.4. The third kappa shape index (κ3) is 2.62. The summed E-state index contributed by atoms with van der Waals surface area (Å²) in [6, 6.07) is 13.2. The molecule has 0 saturated heterocycles. The van der Waals surface area contributed by atoms with Crippen LogP contribution in [0.2, 0.25) is 0 Å². The Morgan fingerprint density at radius 3 is 2.57 bits per heavy atom. The van der Waals surface area contributed by atoms with Gasteiger partial charge in [-0.25, -0.2) is 4.98 Å². The van der Waals surface area contributed by atoms with Crippen LogP contribution in [0.1, 0.15) is 5.01 Å². The summed E-state index contributed by atoms with van der Waals surface area (Å²) in [7, 11) is -3.77. The van der Waals surface area contributed by atoms with Crippen LogP contribution in [0.25, 0.3) is 10.2 Å². The van der Waals surface area contributed by atoms with Crippen molar-refractivity contribution in [1.82, 2.24) is 4.98 Å². The van der Waals surface area contributed by atoms with E-state index in [4.69, 9.17) is 11.8 Å². The van der Waals surface area contributed by atoms with E-state index in [0.29, 0.717) is 5.69 Å². The van der Waals surface area contributed by atoms with E-state index in [1.54, 1.807) is 36.4 Å². The highest BCUT2D eigenvalue weighted by Gasteiger charge is 2.23. The molecule has 0 atom stereocenters. The second-order valence-electron chi connectivity index (χ2n) is 4.42. The number of hydrogen-bond donors (Lipinski definition) is 0. The van der Waals surface area contributed by atoms with Crippen molar-refractivity contribution < 1.29 is 8.42 Å². The third-order valence-corrected chi connectivity index (χ3v) is 6.11. The number of sulfonamides is 1. The summed E-state index contributed by atoms with van der Waals surface area (Å²) in [6.07, 6.45) is 0. The highest BCUT2D eigenvalue weighted by molar-refractivity contribution is 7.94. The lowest BCUT2D eigenvalue weighted by Gasteiger charge is -2.16. The van der Waals surface area contributed by atoms with Crippen LogP contribution < -0.4 is 3.82 Å².